The summed E-state index contributed by atoms with van der Waals surface area (Å²) in [5.74, 6) is 0. The van der Waals surface area contributed by atoms with Crippen LogP contribution < -0.4 is 4.90 Å². The summed E-state index contributed by atoms with van der Waals surface area (Å²) >= 11 is 1.51. The SMILES string of the molecule is [2H]c1c([2H])c(-c2cccc3sc4ccccc4c23)c([2H])c(N(c2c([2H])c([2H])c(-c3cccc(-c4cccc5ccccc45)c3)c([2H])c2[2H])c2c([2H])c([2H])c(-c3cccc4ccccc34)c([2H])c2[2H])c1[2H]. The summed E-state index contributed by atoms with van der Waals surface area (Å²) in [5, 5.41) is 4.99. The highest BCUT2D eigenvalue weighted by molar-refractivity contribution is 7.25. The summed E-state index contributed by atoms with van der Waals surface area (Å²) in [5.41, 5.74) is 1.04. The maximum absolute atomic E-state index is 10.0. The molecule has 11 rings (SSSR count). The first-order valence-corrected chi connectivity index (χ1v) is 19.7. The highest BCUT2D eigenvalue weighted by Gasteiger charge is 2.17. The van der Waals surface area contributed by atoms with Crippen molar-refractivity contribution in [2.75, 3.05) is 4.90 Å². The van der Waals surface area contributed by atoms with Gasteiger partial charge in [-0.3, -0.25) is 0 Å². The van der Waals surface area contributed by atoms with E-state index in [1.807, 2.05) is 103 Å². The maximum atomic E-state index is 10.0. The largest absolute Gasteiger partial charge is 0.310 e. The second kappa shape index (κ2) is 14.4. The molecule has 272 valence electrons. The topological polar surface area (TPSA) is 3.24 Å². The van der Waals surface area contributed by atoms with Crippen LogP contribution in [0.2, 0.25) is 0 Å². The van der Waals surface area contributed by atoms with Gasteiger partial charge in [-0.05, 0) is 121 Å². The second-order valence-corrected chi connectivity index (χ2v) is 15.0. The fourth-order valence-electron chi connectivity index (χ4n) is 7.78. The molecule has 0 spiro atoms. The van der Waals surface area contributed by atoms with Crippen LogP contribution in [-0.4, -0.2) is 0 Å². The summed E-state index contributed by atoms with van der Waals surface area (Å²) in [6, 6.07) is 39.7. The van der Waals surface area contributed by atoms with Gasteiger partial charge in [-0.15, -0.1) is 11.3 Å². The molecule has 58 heavy (non-hydrogen) atoms. The Hall–Kier alpha value is -7.26. The Bertz CT molecular complexity index is 3950. The van der Waals surface area contributed by atoms with Gasteiger partial charge < -0.3 is 4.90 Å². The van der Waals surface area contributed by atoms with Crippen molar-refractivity contribution in [3.05, 3.63) is 224 Å². The molecule has 11 aromatic rings. The van der Waals surface area contributed by atoms with Crippen molar-refractivity contribution in [3.63, 3.8) is 0 Å². The first kappa shape index (κ1) is 23.7. The van der Waals surface area contributed by atoms with E-state index in [9.17, 15) is 16.4 Å². The van der Waals surface area contributed by atoms with Crippen LogP contribution in [0.15, 0.2) is 224 Å². The van der Waals surface area contributed by atoms with E-state index in [0.717, 1.165) is 47.0 Å². The van der Waals surface area contributed by atoms with Crippen LogP contribution in [0.4, 0.5) is 17.1 Å². The summed E-state index contributed by atoms with van der Waals surface area (Å²) < 4.78 is 117. The number of hydrogen-bond acceptors (Lipinski definition) is 2. The lowest BCUT2D eigenvalue weighted by Crippen LogP contribution is -2.10. The van der Waals surface area contributed by atoms with E-state index in [2.05, 4.69) is 0 Å². The van der Waals surface area contributed by atoms with Gasteiger partial charge in [0.15, 0.2) is 0 Å². The number of benzene rings is 10. The summed E-state index contributed by atoms with van der Waals surface area (Å²) in [7, 11) is 0. The molecule has 0 aliphatic carbocycles. The molecule has 0 amide bonds. The molecule has 0 radical (unpaired) electrons. The Balaban J connectivity index is 1.21. The van der Waals surface area contributed by atoms with Crippen molar-refractivity contribution in [3.8, 4) is 44.5 Å². The van der Waals surface area contributed by atoms with Gasteiger partial charge >= 0.3 is 0 Å². The smallest absolute Gasteiger partial charge is 0.0651 e. The third-order valence-corrected chi connectivity index (χ3v) is 11.6. The third kappa shape index (κ3) is 6.03. The van der Waals surface area contributed by atoms with Gasteiger partial charge in [-0.1, -0.05) is 170 Å². The molecule has 0 unspecified atom stereocenters. The fourth-order valence-corrected chi connectivity index (χ4v) is 8.91. The zero-order chi connectivity index (χ0) is 48.9. The Labute approximate surface area is 359 Å². The van der Waals surface area contributed by atoms with E-state index >= 15 is 0 Å². The minimum Gasteiger partial charge on any atom is -0.310 e. The van der Waals surface area contributed by atoms with Crippen LogP contribution in [0.1, 0.15) is 16.4 Å². The van der Waals surface area contributed by atoms with E-state index in [1.165, 1.54) is 11.3 Å². The first-order valence-electron chi connectivity index (χ1n) is 24.9. The van der Waals surface area contributed by atoms with Gasteiger partial charge in [-0.2, -0.15) is 0 Å². The van der Waals surface area contributed by atoms with Gasteiger partial charge in [0, 0.05) is 37.2 Å². The van der Waals surface area contributed by atoms with E-state index in [0.29, 0.717) is 27.5 Å². The lowest BCUT2D eigenvalue weighted by molar-refractivity contribution is 1.28. The lowest BCUT2D eigenvalue weighted by Gasteiger charge is -2.26. The van der Waals surface area contributed by atoms with Gasteiger partial charge in [0.25, 0.3) is 0 Å². The molecule has 1 heterocycles. The van der Waals surface area contributed by atoms with Crippen molar-refractivity contribution >= 4 is 70.1 Å². The maximum Gasteiger partial charge on any atom is 0.0651 e. The van der Waals surface area contributed by atoms with Crippen LogP contribution in [0, 0.1) is 0 Å². The molecular formula is C56H37NS. The molecule has 1 aromatic heterocycles. The van der Waals surface area contributed by atoms with Crippen LogP contribution >= 0.6 is 11.3 Å². The summed E-state index contributed by atoms with van der Waals surface area (Å²) in [4.78, 5) is 0.919. The molecule has 0 aliphatic rings. The number of anilines is 3. The third-order valence-electron chi connectivity index (χ3n) is 10.5. The van der Waals surface area contributed by atoms with E-state index in [4.69, 9.17) is 0 Å². The van der Waals surface area contributed by atoms with Crippen LogP contribution in [0.3, 0.4) is 0 Å². The highest BCUT2D eigenvalue weighted by atomic mass is 32.1. The monoisotopic (exact) mass is 767 g/mol. The Morgan fingerprint density at radius 2 is 0.897 bits per heavy atom. The average molecular weight is 768 g/mol. The number of hydrogen-bond donors (Lipinski definition) is 0. The first-order chi connectivity index (χ1) is 33.8. The molecule has 0 bridgehead atoms. The zero-order valence-electron chi connectivity index (χ0n) is 42.8. The van der Waals surface area contributed by atoms with Gasteiger partial charge in [0.05, 0.1) is 16.4 Å². The Morgan fingerprint density at radius 1 is 0.362 bits per heavy atom. The molecule has 0 aliphatic heterocycles. The molecule has 1 nitrogen and oxygen atoms in total. The average Bonchev–Trinajstić information content (AvgIpc) is 3.76. The Kier molecular flexibility index (Phi) is 5.87. The van der Waals surface area contributed by atoms with Crippen molar-refractivity contribution in [2.24, 2.45) is 0 Å². The predicted molar refractivity (Wildman–Crippen MR) is 251 cm³/mol. The van der Waals surface area contributed by atoms with Crippen LogP contribution in [0.25, 0.3) is 86.2 Å². The zero-order valence-corrected chi connectivity index (χ0v) is 31.6. The number of fused-ring (bicyclic) bond motifs is 5. The van der Waals surface area contributed by atoms with Crippen molar-refractivity contribution in [1.82, 2.24) is 0 Å². The van der Waals surface area contributed by atoms with Gasteiger partial charge in [0.2, 0.25) is 0 Å². The molecule has 0 fully saturated rings. The van der Waals surface area contributed by atoms with E-state index in [1.54, 1.807) is 48.5 Å². The van der Waals surface area contributed by atoms with Crippen LogP contribution in [-0.2, 0) is 0 Å². The molecule has 0 saturated carbocycles. The molecule has 2 heteroatoms. The van der Waals surface area contributed by atoms with Gasteiger partial charge in [0.1, 0.15) is 0 Å². The molecular weight excluding hydrogens is 719 g/mol. The second-order valence-electron chi connectivity index (χ2n) is 13.9. The van der Waals surface area contributed by atoms with E-state index < -0.39 is 89.6 Å². The van der Waals surface area contributed by atoms with Crippen molar-refractivity contribution in [1.29, 1.82) is 0 Å². The van der Waals surface area contributed by atoms with Crippen molar-refractivity contribution < 1.29 is 16.4 Å². The van der Waals surface area contributed by atoms with Crippen molar-refractivity contribution in [2.45, 2.75) is 0 Å². The van der Waals surface area contributed by atoms with Crippen LogP contribution in [0.5, 0.6) is 0 Å². The molecule has 10 aromatic carbocycles. The quantitative estimate of drug-likeness (QED) is 0.156. The lowest BCUT2D eigenvalue weighted by atomic mass is 9.95. The van der Waals surface area contributed by atoms with Gasteiger partial charge in [-0.25, -0.2) is 0 Å². The normalized spacial score (nSPS) is 14.3. The van der Waals surface area contributed by atoms with E-state index in [-0.39, 0.29) is 16.7 Å². The Morgan fingerprint density at radius 3 is 1.62 bits per heavy atom. The number of nitrogens with zero attached hydrogens (tertiary/aromatic N) is 1. The highest BCUT2D eigenvalue weighted by Crippen LogP contribution is 2.43. The summed E-state index contributed by atoms with van der Waals surface area (Å²) in [6.07, 6.45) is 0. The molecule has 0 saturated heterocycles. The predicted octanol–water partition coefficient (Wildman–Crippen LogP) is 16.5. The molecule has 0 atom stereocenters. The standard InChI is InChI=1S/C56H37NS/c1-3-20-48-39(12-1)14-9-23-50(48)41-30-34-46(35-31-41)57(47-19-8-18-44(37-47)52-25-11-27-55-56(52)53-22-5-6-26-54(53)58-55)45-32-28-38(29-33-45)42-16-7-17-43(36-42)51-24-10-15-40-13-2-4-21-49(40)51/h1-37H/i8D,18D,19D,28D,29D,30D,31D,32D,33D,34D,35D,37D. The minimum absolute atomic E-state index is 0.0342. The minimum atomic E-state index is -0.722. The number of thiophene rings is 1. The fraction of sp³-hybridized carbons (Fsp3) is 0. The summed E-state index contributed by atoms with van der Waals surface area (Å²) in [6.45, 7) is 0. The molecule has 0 N–H and O–H groups in total. The number of rotatable bonds is 7.